The van der Waals surface area contributed by atoms with Crippen LogP contribution in [0.4, 0.5) is 4.79 Å². The fourth-order valence-corrected chi connectivity index (χ4v) is 3.70. The number of urea groups is 1. The van der Waals surface area contributed by atoms with Crippen LogP contribution >= 0.6 is 0 Å². The highest BCUT2D eigenvalue weighted by atomic mass is 16.5. The van der Waals surface area contributed by atoms with Crippen molar-refractivity contribution in [3.8, 4) is 11.4 Å². The predicted octanol–water partition coefficient (Wildman–Crippen LogP) is 3.34. The lowest BCUT2D eigenvalue weighted by atomic mass is 10.1. The van der Waals surface area contributed by atoms with Crippen LogP contribution in [0.2, 0.25) is 0 Å². The Morgan fingerprint density at radius 1 is 1.21 bits per heavy atom. The summed E-state index contributed by atoms with van der Waals surface area (Å²) in [7, 11) is 2.01. The number of amides is 2. The highest BCUT2D eigenvalue weighted by Gasteiger charge is 2.35. The van der Waals surface area contributed by atoms with Crippen molar-refractivity contribution >= 4 is 16.8 Å². The first kappa shape index (κ1) is 18.4. The summed E-state index contributed by atoms with van der Waals surface area (Å²) in [5.41, 5.74) is 0.931. The number of rotatable bonds is 4. The third-order valence-electron chi connectivity index (χ3n) is 5.04. The Hall–Kier alpha value is -2.93. The van der Waals surface area contributed by atoms with Gasteiger partial charge in [-0.2, -0.15) is 4.98 Å². The molecule has 2 amide bonds. The second kappa shape index (κ2) is 7.59. The number of hydrogen-bond acceptors (Lipinski definition) is 5. The molecular weight excluding hydrogens is 354 g/mol. The molecule has 2 heterocycles. The third kappa shape index (κ3) is 3.84. The molecular formula is C21H25N5O2. The smallest absolute Gasteiger partial charge is 0.315 e. The van der Waals surface area contributed by atoms with Crippen molar-refractivity contribution in [3.05, 3.63) is 48.4 Å². The second-order valence-electron chi connectivity index (χ2n) is 7.68. The van der Waals surface area contributed by atoms with E-state index in [1.807, 2.05) is 39.1 Å². The molecule has 2 aromatic carbocycles. The molecule has 1 saturated heterocycles. The average molecular weight is 379 g/mol. The van der Waals surface area contributed by atoms with Gasteiger partial charge in [0.25, 0.3) is 0 Å². The van der Waals surface area contributed by atoms with Gasteiger partial charge in [-0.1, -0.05) is 41.6 Å². The molecule has 2 atom stereocenters. The summed E-state index contributed by atoms with van der Waals surface area (Å²) < 4.78 is 5.57. The van der Waals surface area contributed by atoms with Crippen molar-refractivity contribution in [1.82, 2.24) is 25.7 Å². The molecule has 0 bridgehead atoms. The zero-order chi connectivity index (χ0) is 19.7. The fraction of sp³-hybridized carbons (Fsp3) is 0.381. The van der Waals surface area contributed by atoms with Crippen LogP contribution in [-0.4, -0.2) is 46.7 Å². The summed E-state index contributed by atoms with van der Waals surface area (Å²) in [4.78, 5) is 18.7. The highest BCUT2D eigenvalue weighted by molar-refractivity contribution is 5.86. The molecule has 0 radical (unpaired) electrons. The monoisotopic (exact) mass is 379 g/mol. The Morgan fingerprint density at radius 2 is 2.00 bits per heavy atom. The minimum absolute atomic E-state index is 0.00828. The Morgan fingerprint density at radius 3 is 2.79 bits per heavy atom. The third-order valence-corrected chi connectivity index (χ3v) is 5.04. The number of benzene rings is 2. The maximum Gasteiger partial charge on any atom is 0.315 e. The van der Waals surface area contributed by atoms with E-state index in [0.29, 0.717) is 11.7 Å². The van der Waals surface area contributed by atoms with E-state index in [4.69, 9.17) is 4.52 Å². The number of likely N-dealkylation sites (tertiary alicyclic amines) is 1. The number of likely N-dealkylation sites (N-methyl/N-ethyl adjacent to an activating group) is 1. The minimum Gasteiger partial charge on any atom is -0.337 e. The SMILES string of the molecule is CC(C)NC(=O)N[C@@H]1C[C@@H](c2nc(-c3ccc4ccccc4c3)no2)N(C)C1. The van der Waals surface area contributed by atoms with Gasteiger partial charge in [-0.3, -0.25) is 4.90 Å². The lowest BCUT2D eigenvalue weighted by molar-refractivity contribution is 0.234. The Kier molecular flexibility index (Phi) is 5.00. The quantitative estimate of drug-likeness (QED) is 0.726. The number of carbonyl (C=O) groups is 1. The van der Waals surface area contributed by atoms with Crippen LogP contribution in [0.1, 0.15) is 32.2 Å². The van der Waals surface area contributed by atoms with Crippen molar-refractivity contribution in [3.63, 3.8) is 0 Å². The first-order valence-corrected chi connectivity index (χ1v) is 9.59. The topological polar surface area (TPSA) is 83.3 Å². The van der Waals surface area contributed by atoms with Crippen molar-refractivity contribution < 1.29 is 9.32 Å². The Balaban J connectivity index is 1.48. The van der Waals surface area contributed by atoms with Crippen molar-refractivity contribution in [2.75, 3.05) is 13.6 Å². The van der Waals surface area contributed by atoms with Gasteiger partial charge in [0.15, 0.2) is 0 Å². The molecule has 1 aromatic heterocycles. The molecule has 7 nitrogen and oxygen atoms in total. The van der Waals surface area contributed by atoms with E-state index in [1.54, 1.807) is 0 Å². The summed E-state index contributed by atoms with van der Waals surface area (Å²) in [5, 5.41) is 12.4. The van der Waals surface area contributed by atoms with E-state index >= 15 is 0 Å². The van der Waals surface area contributed by atoms with Crippen molar-refractivity contribution in [2.45, 2.75) is 38.4 Å². The van der Waals surface area contributed by atoms with Crippen LogP contribution in [0.5, 0.6) is 0 Å². The number of nitrogens with one attached hydrogen (secondary N) is 2. The minimum atomic E-state index is -0.142. The number of nitrogens with zero attached hydrogens (tertiary/aromatic N) is 3. The highest BCUT2D eigenvalue weighted by Crippen LogP contribution is 2.31. The zero-order valence-electron chi connectivity index (χ0n) is 16.3. The number of carbonyl (C=O) groups excluding carboxylic acids is 1. The predicted molar refractivity (Wildman–Crippen MR) is 108 cm³/mol. The molecule has 3 aromatic rings. The normalized spacial score (nSPS) is 20.0. The molecule has 1 fully saturated rings. The lowest BCUT2D eigenvalue weighted by Crippen LogP contribution is -2.45. The standard InChI is InChI=1S/C21H25N5O2/c1-13(2)22-21(27)23-17-11-18(26(3)12-17)20-24-19(25-28-20)16-9-8-14-6-4-5-7-15(14)10-16/h4-10,13,17-18H,11-12H2,1-3H3,(H2,22,23,27)/t17-,18+/m1/s1. The molecule has 1 aliphatic rings. The summed E-state index contributed by atoms with van der Waals surface area (Å²) in [6.45, 7) is 4.62. The van der Waals surface area contributed by atoms with Gasteiger partial charge >= 0.3 is 6.03 Å². The van der Waals surface area contributed by atoms with E-state index in [-0.39, 0.29) is 24.2 Å². The largest absolute Gasteiger partial charge is 0.337 e. The maximum atomic E-state index is 12.0. The van der Waals surface area contributed by atoms with Gasteiger partial charge in [-0.25, -0.2) is 4.79 Å². The van der Waals surface area contributed by atoms with Crippen LogP contribution in [-0.2, 0) is 0 Å². The van der Waals surface area contributed by atoms with Crippen LogP contribution in [0.25, 0.3) is 22.2 Å². The van der Waals surface area contributed by atoms with E-state index in [2.05, 4.69) is 49.9 Å². The first-order chi connectivity index (χ1) is 13.5. The van der Waals surface area contributed by atoms with Crippen LogP contribution in [0.15, 0.2) is 47.0 Å². The van der Waals surface area contributed by atoms with Gasteiger partial charge in [-0.05, 0) is 44.2 Å². The van der Waals surface area contributed by atoms with E-state index in [9.17, 15) is 4.79 Å². The van der Waals surface area contributed by atoms with E-state index < -0.39 is 0 Å². The van der Waals surface area contributed by atoms with Gasteiger partial charge < -0.3 is 15.2 Å². The summed E-state index contributed by atoms with van der Waals surface area (Å²) in [6, 6.07) is 14.3. The molecule has 4 rings (SSSR count). The molecule has 28 heavy (non-hydrogen) atoms. The van der Waals surface area contributed by atoms with Gasteiger partial charge in [0.1, 0.15) is 0 Å². The maximum absolute atomic E-state index is 12.0. The van der Waals surface area contributed by atoms with Gasteiger partial charge in [0, 0.05) is 24.2 Å². The molecule has 0 spiro atoms. The Bertz CT molecular complexity index is 984. The number of hydrogen-bond donors (Lipinski definition) is 2. The van der Waals surface area contributed by atoms with Crippen LogP contribution in [0.3, 0.4) is 0 Å². The summed E-state index contributed by atoms with van der Waals surface area (Å²) >= 11 is 0. The Labute approximate surface area is 164 Å². The van der Waals surface area contributed by atoms with Crippen LogP contribution < -0.4 is 10.6 Å². The zero-order valence-corrected chi connectivity index (χ0v) is 16.3. The summed E-state index contributed by atoms with van der Waals surface area (Å²) in [5.74, 6) is 1.17. The van der Waals surface area contributed by atoms with E-state index in [1.165, 1.54) is 5.39 Å². The van der Waals surface area contributed by atoms with Crippen LogP contribution in [0, 0.1) is 0 Å². The lowest BCUT2D eigenvalue weighted by Gasteiger charge is -2.15. The molecule has 7 heteroatoms. The van der Waals surface area contributed by atoms with Gasteiger partial charge in [0.05, 0.1) is 6.04 Å². The van der Waals surface area contributed by atoms with Gasteiger partial charge in [0.2, 0.25) is 11.7 Å². The number of aromatic nitrogens is 2. The molecule has 0 aliphatic carbocycles. The van der Waals surface area contributed by atoms with Gasteiger partial charge in [-0.15, -0.1) is 0 Å². The van der Waals surface area contributed by atoms with Crippen molar-refractivity contribution in [2.24, 2.45) is 0 Å². The average Bonchev–Trinajstić information content (AvgIpc) is 3.27. The molecule has 0 unspecified atom stereocenters. The summed E-state index contributed by atoms with van der Waals surface area (Å²) in [6.07, 6.45) is 0.737. The second-order valence-corrected chi connectivity index (χ2v) is 7.68. The van der Waals surface area contributed by atoms with Crippen molar-refractivity contribution in [1.29, 1.82) is 0 Å². The molecule has 146 valence electrons. The molecule has 0 saturated carbocycles. The number of fused-ring (bicyclic) bond motifs is 1. The first-order valence-electron chi connectivity index (χ1n) is 9.59. The molecule has 1 aliphatic heterocycles. The van der Waals surface area contributed by atoms with E-state index in [0.717, 1.165) is 23.9 Å². The molecule has 2 N–H and O–H groups in total. The fourth-order valence-electron chi connectivity index (χ4n) is 3.70.